The topological polar surface area (TPSA) is 86.8 Å². The number of anilines is 1. The van der Waals surface area contributed by atoms with Crippen LogP contribution in [0.4, 0.5) is 10.1 Å². The van der Waals surface area contributed by atoms with Gasteiger partial charge in [0.15, 0.2) is 0 Å². The van der Waals surface area contributed by atoms with Crippen LogP contribution in [0.5, 0.6) is 0 Å². The van der Waals surface area contributed by atoms with Gasteiger partial charge in [0.1, 0.15) is 11.9 Å². The van der Waals surface area contributed by atoms with Gasteiger partial charge in [0, 0.05) is 26.1 Å². The fourth-order valence-electron chi connectivity index (χ4n) is 3.76. The monoisotopic (exact) mass is 505 g/mol. The Kier molecular flexibility index (Phi) is 10.7. The van der Waals surface area contributed by atoms with E-state index >= 15 is 0 Å². The number of amides is 2. The van der Waals surface area contributed by atoms with E-state index in [9.17, 15) is 22.4 Å². The third kappa shape index (κ3) is 8.65. The van der Waals surface area contributed by atoms with Crippen molar-refractivity contribution in [1.82, 2.24) is 10.2 Å². The van der Waals surface area contributed by atoms with E-state index in [0.29, 0.717) is 6.54 Å². The Balaban J connectivity index is 2.15. The number of carbonyl (C=O) groups excluding carboxylic acids is 2. The Hall–Kier alpha value is -2.94. The van der Waals surface area contributed by atoms with Gasteiger partial charge < -0.3 is 10.2 Å². The number of benzene rings is 2. The molecule has 0 saturated carbocycles. The summed E-state index contributed by atoms with van der Waals surface area (Å²) in [6.45, 7) is 6.42. The second-order valence-electron chi connectivity index (χ2n) is 8.72. The number of nitrogens with zero attached hydrogens (tertiary/aromatic N) is 2. The Morgan fingerprint density at radius 3 is 2.43 bits per heavy atom. The van der Waals surface area contributed by atoms with E-state index in [2.05, 4.69) is 5.32 Å². The fraction of sp³-hybridized carbons (Fsp3) is 0.462. The zero-order valence-electron chi connectivity index (χ0n) is 21.0. The van der Waals surface area contributed by atoms with Crippen molar-refractivity contribution < 1.29 is 22.4 Å². The first-order valence-corrected chi connectivity index (χ1v) is 13.7. The van der Waals surface area contributed by atoms with Crippen LogP contribution in [0.1, 0.15) is 50.7 Å². The van der Waals surface area contributed by atoms with Crippen molar-refractivity contribution >= 4 is 27.5 Å². The van der Waals surface area contributed by atoms with Gasteiger partial charge in [0.05, 0.1) is 11.9 Å². The molecule has 7 nitrogen and oxygen atoms in total. The third-order valence-electron chi connectivity index (χ3n) is 5.71. The SMILES string of the molecule is CCCCNC(=O)[C@H](C)N(Cc1cccc(C)c1)C(=O)CCCN(c1ccccc1F)S(C)(=O)=O. The van der Waals surface area contributed by atoms with Crippen molar-refractivity contribution in [2.45, 2.75) is 59.0 Å². The summed E-state index contributed by atoms with van der Waals surface area (Å²) < 4.78 is 39.8. The van der Waals surface area contributed by atoms with Crippen LogP contribution in [-0.2, 0) is 26.2 Å². The molecule has 1 atom stereocenters. The molecule has 0 unspecified atom stereocenters. The number of para-hydroxylation sites is 1. The largest absolute Gasteiger partial charge is 0.354 e. The van der Waals surface area contributed by atoms with Crippen LogP contribution >= 0.6 is 0 Å². The molecule has 0 fully saturated rings. The molecule has 2 rings (SSSR count). The summed E-state index contributed by atoms with van der Waals surface area (Å²) in [7, 11) is -3.75. The van der Waals surface area contributed by atoms with Gasteiger partial charge in [-0.1, -0.05) is 55.3 Å². The number of rotatable bonds is 13. The summed E-state index contributed by atoms with van der Waals surface area (Å²) in [6, 6.07) is 12.7. The van der Waals surface area contributed by atoms with E-state index in [1.165, 1.54) is 23.1 Å². The number of hydrogen-bond donors (Lipinski definition) is 1. The minimum Gasteiger partial charge on any atom is -0.354 e. The van der Waals surface area contributed by atoms with Gasteiger partial charge in [-0.05, 0) is 44.4 Å². The maximum absolute atomic E-state index is 14.3. The number of unbranched alkanes of at least 4 members (excludes halogenated alkanes) is 1. The molecule has 0 aliphatic heterocycles. The number of hydrogen-bond acceptors (Lipinski definition) is 4. The van der Waals surface area contributed by atoms with E-state index in [-0.39, 0.29) is 43.4 Å². The van der Waals surface area contributed by atoms with Gasteiger partial charge in [0.25, 0.3) is 0 Å². The standard InChI is InChI=1S/C26H36FN3O4S/c1-5-6-16-28-26(32)21(3)29(19-22-12-9-11-20(2)18-22)25(31)15-10-17-30(35(4,33)34)24-14-8-7-13-23(24)27/h7-9,11-14,18,21H,5-6,10,15-17,19H2,1-4H3,(H,28,32)/t21-/m0/s1. The maximum Gasteiger partial charge on any atom is 0.242 e. The first-order valence-electron chi connectivity index (χ1n) is 11.9. The number of carbonyl (C=O) groups is 2. The summed E-state index contributed by atoms with van der Waals surface area (Å²) in [5.74, 6) is -1.15. The predicted molar refractivity (Wildman–Crippen MR) is 137 cm³/mol. The van der Waals surface area contributed by atoms with E-state index < -0.39 is 21.9 Å². The highest BCUT2D eigenvalue weighted by Gasteiger charge is 2.27. The number of aryl methyl sites for hydroxylation is 1. The van der Waals surface area contributed by atoms with Gasteiger partial charge in [-0.3, -0.25) is 13.9 Å². The Bertz CT molecular complexity index is 1110. The molecule has 0 radical (unpaired) electrons. The molecular formula is C26H36FN3O4S. The molecule has 1 N–H and O–H groups in total. The van der Waals surface area contributed by atoms with Gasteiger partial charge in [-0.15, -0.1) is 0 Å². The van der Waals surface area contributed by atoms with E-state index in [0.717, 1.165) is 34.5 Å². The Morgan fingerprint density at radius 2 is 1.80 bits per heavy atom. The van der Waals surface area contributed by atoms with Crippen LogP contribution in [0.15, 0.2) is 48.5 Å². The van der Waals surface area contributed by atoms with Crippen LogP contribution in [0, 0.1) is 12.7 Å². The third-order valence-corrected chi connectivity index (χ3v) is 6.89. The maximum atomic E-state index is 14.3. The van der Waals surface area contributed by atoms with Crippen molar-refractivity contribution in [3.8, 4) is 0 Å². The number of halogens is 1. The Labute approximate surface area is 208 Å². The first-order chi connectivity index (χ1) is 16.5. The van der Waals surface area contributed by atoms with E-state index in [1.54, 1.807) is 13.0 Å². The second kappa shape index (κ2) is 13.2. The van der Waals surface area contributed by atoms with Crippen LogP contribution in [-0.4, -0.2) is 50.5 Å². The molecule has 2 aromatic rings. The zero-order chi connectivity index (χ0) is 26.0. The quantitative estimate of drug-likeness (QED) is 0.417. The average Bonchev–Trinajstić information content (AvgIpc) is 2.80. The second-order valence-corrected chi connectivity index (χ2v) is 10.6. The normalized spacial score (nSPS) is 12.1. The van der Waals surface area contributed by atoms with Crippen molar-refractivity contribution in [1.29, 1.82) is 0 Å². The lowest BCUT2D eigenvalue weighted by Crippen LogP contribution is -2.48. The van der Waals surface area contributed by atoms with Crippen LogP contribution in [0.3, 0.4) is 0 Å². The van der Waals surface area contributed by atoms with Crippen molar-refractivity contribution in [2.24, 2.45) is 0 Å². The van der Waals surface area contributed by atoms with Crippen molar-refractivity contribution in [3.63, 3.8) is 0 Å². The minimum atomic E-state index is -3.75. The fourth-order valence-corrected chi connectivity index (χ4v) is 4.73. The minimum absolute atomic E-state index is 0.0128. The molecule has 0 bridgehead atoms. The number of nitrogens with one attached hydrogen (secondary N) is 1. The molecular weight excluding hydrogens is 469 g/mol. The molecule has 192 valence electrons. The molecule has 0 heterocycles. The highest BCUT2D eigenvalue weighted by atomic mass is 32.2. The summed E-state index contributed by atoms with van der Waals surface area (Å²) in [5, 5.41) is 2.88. The number of sulfonamides is 1. The lowest BCUT2D eigenvalue weighted by molar-refractivity contribution is -0.140. The molecule has 0 aromatic heterocycles. The van der Waals surface area contributed by atoms with Gasteiger partial charge in [-0.25, -0.2) is 12.8 Å². The van der Waals surface area contributed by atoms with E-state index in [1.807, 2.05) is 38.1 Å². The summed E-state index contributed by atoms with van der Waals surface area (Å²) in [4.78, 5) is 27.5. The molecule has 0 spiro atoms. The van der Waals surface area contributed by atoms with Gasteiger partial charge >= 0.3 is 0 Å². The molecule has 9 heteroatoms. The first kappa shape index (κ1) is 28.3. The highest BCUT2D eigenvalue weighted by Crippen LogP contribution is 2.22. The van der Waals surface area contributed by atoms with Crippen LogP contribution < -0.4 is 9.62 Å². The molecule has 35 heavy (non-hydrogen) atoms. The molecule has 0 saturated heterocycles. The summed E-state index contributed by atoms with van der Waals surface area (Å²) >= 11 is 0. The average molecular weight is 506 g/mol. The van der Waals surface area contributed by atoms with Crippen LogP contribution in [0.25, 0.3) is 0 Å². The van der Waals surface area contributed by atoms with Crippen LogP contribution in [0.2, 0.25) is 0 Å². The van der Waals surface area contributed by atoms with Gasteiger partial charge in [-0.2, -0.15) is 0 Å². The highest BCUT2D eigenvalue weighted by molar-refractivity contribution is 7.92. The van der Waals surface area contributed by atoms with Crippen molar-refractivity contribution in [2.75, 3.05) is 23.7 Å². The smallest absolute Gasteiger partial charge is 0.242 e. The molecule has 2 amide bonds. The molecule has 0 aliphatic rings. The Morgan fingerprint density at radius 1 is 1.09 bits per heavy atom. The van der Waals surface area contributed by atoms with Crippen molar-refractivity contribution in [3.05, 3.63) is 65.5 Å². The molecule has 0 aliphatic carbocycles. The molecule has 2 aromatic carbocycles. The summed E-state index contributed by atoms with van der Waals surface area (Å²) in [5.41, 5.74) is 1.89. The van der Waals surface area contributed by atoms with Gasteiger partial charge in [0.2, 0.25) is 21.8 Å². The lowest BCUT2D eigenvalue weighted by Gasteiger charge is -2.29. The predicted octanol–water partition coefficient (Wildman–Crippen LogP) is 4.01. The zero-order valence-corrected chi connectivity index (χ0v) is 21.8. The summed E-state index contributed by atoms with van der Waals surface area (Å²) in [6.07, 6.45) is 2.99. The van der Waals surface area contributed by atoms with E-state index in [4.69, 9.17) is 0 Å². The lowest BCUT2D eigenvalue weighted by atomic mass is 10.1.